The molecular weight excluding hydrogens is 374 g/mol. The third-order valence-electron chi connectivity index (χ3n) is 5.03. The molecule has 0 radical (unpaired) electrons. The summed E-state index contributed by atoms with van der Waals surface area (Å²) in [5.41, 5.74) is 4.61. The topological polar surface area (TPSA) is 69.2 Å². The van der Waals surface area contributed by atoms with E-state index in [0.29, 0.717) is 11.6 Å². The highest BCUT2D eigenvalue weighted by molar-refractivity contribution is 6.31. The first kappa shape index (κ1) is 20.0. The van der Waals surface area contributed by atoms with Gasteiger partial charge in [0.1, 0.15) is 5.75 Å². The van der Waals surface area contributed by atoms with Gasteiger partial charge in [-0.15, -0.1) is 0 Å². The van der Waals surface area contributed by atoms with Crippen molar-refractivity contribution in [2.24, 2.45) is 0 Å². The van der Waals surface area contributed by atoms with E-state index in [1.165, 1.54) is 0 Å². The fourth-order valence-electron chi connectivity index (χ4n) is 3.37. The molecule has 3 aromatic rings. The number of benzene rings is 2. The van der Waals surface area contributed by atoms with Gasteiger partial charge in [-0.25, -0.2) is 0 Å². The standard InChI is InChI=1S/C22H24ClN3O2/c1-14-20(15(2)25-24-14)13-26(3)22(28)12-19(16-7-6-8-17(27)11-16)18-9-4-5-10-21(18)23/h4-11,19,27H,12-13H2,1-3H3,(H,24,25)/t19-/m0/s1. The molecule has 1 amide bonds. The van der Waals surface area contributed by atoms with Crippen molar-refractivity contribution in [1.82, 2.24) is 15.1 Å². The number of H-pyrrole nitrogens is 1. The monoisotopic (exact) mass is 397 g/mol. The lowest BCUT2D eigenvalue weighted by molar-refractivity contribution is -0.130. The average Bonchev–Trinajstić information content (AvgIpc) is 2.98. The van der Waals surface area contributed by atoms with Gasteiger partial charge in [-0.1, -0.05) is 41.9 Å². The van der Waals surface area contributed by atoms with Crippen molar-refractivity contribution in [3.8, 4) is 5.75 Å². The molecule has 146 valence electrons. The van der Waals surface area contributed by atoms with Crippen LogP contribution in [0, 0.1) is 13.8 Å². The fourth-order valence-corrected chi connectivity index (χ4v) is 3.64. The summed E-state index contributed by atoms with van der Waals surface area (Å²) in [5.74, 6) is -0.0874. The van der Waals surface area contributed by atoms with E-state index in [1.807, 2.05) is 44.2 Å². The van der Waals surface area contributed by atoms with Crippen molar-refractivity contribution in [2.45, 2.75) is 32.7 Å². The van der Waals surface area contributed by atoms with Gasteiger partial charge >= 0.3 is 0 Å². The minimum atomic E-state index is -0.248. The molecule has 0 aliphatic heterocycles. The molecule has 1 aromatic heterocycles. The number of aromatic hydroxyl groups is 1. The minimum absolute atomic E-state index is 0.00624. The summed E-state index contributed by atoms with van der Waals surface area (Å²) in [6.45, 7) is 4.37. The maximum absolute atomic E-state index is 13.0. The van der Waals surface area contributed by atoms with Gasteiger partial charge in [0, 0.05) is 42.2 Å². The van der Waals surface area contributed by atoms with Gasteiger partial charge in [0.15, 0.2) is 0 Å². The molecule has 0 aliphatic carbocycles. The number of nitrogens with zero attached hydrogens (tertiary/aromatic N) is 2. The number of hydrogen-bond donors (Lipinski definition) is 2. The molecule has 0 aliphatic rings. The van der Waals surface area contributed by atoms with Gasteiger partial charge in [-0.3, -0.25) is 9.89 Å². The van der Waals surface area contributed by atoms with E-state index in [0.717, 1.165) is 28.1 Å². The molecule has 0 saturated carbocycles. The maximum atomic E-state index is 13.0. The number of nitrogens with one attached hydrogen (secondary N) is 1. The lowest BCUT2D eigenvalue weighted by atomic mass is 9.88. The largest absolute Gasteiger partial charge is 0.508 e. The second-order valence-corrected chi connectivity index (χ2v) is 7.44. The van der Waals surface area contributed by atoms with Gasteiger partial charge < -0.3 is 10.0 Å². The molecule has 28 heavy (non-hydrogen) atoms. The van der Waals surface area contributed by atoms with Crippen LogP contribution in [0.15, 0.2) is 48.5 Å². The fraction of sp³-hybridized carbons (Fsp3) is 0.273. The van der Waals surface area contributed by atoms with Gasteiger partial charge in [0.05, 0.1) is 5.69 Å². The number of phenols is 1. The number of phenolic OH excluding ortho intramolecular Hbond substituents is 1. The number of halogens is 1. The Morgan fingerprint density at radius 2 is 1.96 bits per heavy atom. The van der Waals surface area contributed by atoms with E-state index in [1.54, 1.807) is 30.1 Å². The van der Waals surface area contributed by atoms with Gasteiger partial charge in [-0.2, -0.15) is 5.10 Å². The van der Waals surface area contributed by atoms with Gasteiger partial charge in [0.25, 0.3) is 0 Å². The molecule has 6 heteroatoms. The van der Waals surface area contributed by atoms with Crippen molar-refractivity contribution in [3.63, 3.8) is 0 Å². The zero-order chi connectivity index (χ0) is 20.3. The zero-order valence-electron chi connectivity index (χ0n) is 16.2. The van der Waals surface area contributed by atoms with Crippen LogP contribution < -0.4 is 0 Å². The minimum Gasteiger partial charge on any atom is -0.508 e. The first-order chi connectivity index (χ1) is 13.4. The van der Waals surface area contributed by atoms with Crippen LogP contribution in [0.2, 0.25) is 5.02 Å². The summed E-state index contributed by atoms with van der Waals surface area (Å²) in [6, 6.07) is 14.5. The number of carbonyl (C=O) groups is 1. The Bertz CT molecular complexity index is 964. The molecule has 0 spiro atoms. The van der Waals surface area contributed by atoms with Crippen LogP contribution in [0.1, 0.15) is 40.4 Å². The highest BCUT2D eigenvalue weighted by Crippen LogP contribution is 2.34. The number of rotatable bonds is 6. The van der Waals surface area contributed by atoms with Gasteiger partial charge in [0.2, 0.25) is 5.91 Å². The summed E-state index contributed by atoms with van der Waals surface area (Å²) in [5, 5.41) is 17.7. The van der Waals surface area contributed by atoms with Crippen LogP contribution in [0.5, 0.6) is 5.75 Å². The second kappa shape index (κ2) is 8.48. The second-order valence-electron chi connectivity index (χ2n) is 7.04. The Hall–Kier alpha value is -2.79. The van der Waals surface area contributed by atoms with E-state index in [9.17, 15) is 9.90 Å². The van der Waals surface area contributed by atoms with Gasteiger partial charge in [-0.05, 0) is 43.2 Å². The molecule has 5 nitrogen and oxygen atoms in total. The Morgan fingerprint density at radius 1 is 1.21 bits per heavy atom. The molecule has 2 N–H and O–H groups in total. The predicted octanol–water partition coefficient (Wildman–Crippen LogP) is 4.57. The Labute approximate surface area is 170 Å². The van der Waals surface area contributed by atoms with Crippen molar-refractivity contribution < 1.29 is 9.90 Å². The molecule has 0 saturated heterocycles. The lowest BCUT2D eigenvalue weighted by Gasteiger charge is -2.23. The molecule has 1 heterocycles. The molecule has 2 aromatic carbocycles. The van der Waals surface area contributed by atoms with Crippen molar-refractivity contribution in [3.05, 3.63) is 81.6 Å². The number of amides is 1. The van der Waals surface area contributed by atoms with Crippen LogP contribution in [-0.2, 0) is 11.3 Å². The van der Waals surface area contributed by atoms with Crippen LogP contribution in [0.4, 0.5) is 0 Å². The zero-order valence-corrected chi connectivity index (χ0v) is 17.0. The van der Waals surface area contributed by atoms with E-state index >= 15 is 0 Å². The van der Waals surface area contributed by atoms with Crippen LogP contribution in [0.3, 0.4) is 0 Å². The Kier molecular flexibility index (Phi) is 6.05. The highest BCUT2D eigenvalue weighted by Gasteiger charge is 2.23. The quantitative estimate of drug-likeness (QED) is 0.640. The third-order valence-corrected chi connectivity index (χ3v) is 5.38. The van der Waals surface area contributed by atoms with E-state index in [2.05, 4.69) is 10.2 Å². The number of hydrogen-bond acceptors (Lipinski definition) is 3. The SMILES string of the molecule is Cc1n[nH]c(C)c1CN(C)C(=O)C[C@@H](c1cccc(O)c1)c1ccccc1Cl. The predicted molar refractivity (Wildman–Crippen MR) is 111 cm³/mol. The molecule has 0 fully saturated rings. The number of aromatic amines is 1. The number of carbonyl (C=O) groups excluding carboxylic acids is 1. The van der Waals surface area contributed by atoms with E-state index in [4.69, 9.17) is 11.6 Å². The Balaban J connectivity index is 1.87. The summed E-state index contributed by atoms with van der Waals surface area (Å²) < 4.78 is 0. The van der Waals surface area contributed by atoms with Crippen molar-refractivity contribution in [2.75, 3.05) is 7.05 Å². The third kappa shape index (κ3) is 4.37. The molecule has 1 atom stereocenters. The van der Waals surface area contributed by atoms with Crippen LogP contribution in [-0.4, -0.2) is 33.2 Å². The van der Waals surface area contributed by atoms with Crippen molar-refractivity contribution in [1.29, 1.82) is 0 Å². The molecular formula is C22H24ClN3O2. The number of aryl methyl sites for hydroxylation is 2. The highest BCUT2D eigenvalue weighted by atomic mass is 35.5. The average molecular weight is 398 g/mol. The van der Waals surface area contributed by atoms with E-state index < -0.39 is 0 Å². The summed E-state index contributed by atoms with van der Waals surface area (Å²) in [7, 11) is 1.79. The molecule has 0 bridgehead atoms. The van der Waals surface area contributed by atoms with E-state index in [-0.39, 0.29) is 24.0 Å². The van der Waals surface area contributed by atoms with Crippen LogP contribution in [0.25, 0.3) is 0 Å². The first-order valence-electron chi connectivity index (χ1n) is 9.14. The maximum Gasteiger partial charge on any atom is 0.223 e. The lowest BCUT2D eigenvalue weighted by Crippen LogP contribution is -2.28. The first-order valence-corrected chi connectivity index (χ1v) is 9.52. The summed E-state index contributed by atoms with van der Waals surface area (Å²) in [4.78, 5) is 14.7. The molecule has 3 rings (SSSR count). The summed E-state index contributed by atoms with van der Waals surface area (Å²) >= 11 is 6.43. The van der Waals surface area contributed by atoms with Crippen molar-refractivity contribution >= 4 is 17.5 Å². The molecule has 0 unspecified atom stereocenters. The van der Waals surface area contributed by atoms with Crippen LogP contribution >= 0.6 is 11.6 Å². The Morgan fingerprint density at radius 3 is 2.61 bits per heavy atom. The smallest absolute Gasteiger partial charge is 0.223 e. The normalized spacial score (nSPS) is 12.0. The summed E-state index contributed by atoms with van der Waals surface area (Å²) in [6.07, 6.45) is 0.250. The number of aromatic nitrogens is 2.